The van der Waals surface area contributed by atoms with E-state index in [0.717, 1.165) is 114 Å². The minimum Gasteiger partial charge on any atom is -0.462 e. The Bertz CT molecular complexity index is 1900. The van der Waals surface area contributed by atoms with Crippen LogP contribution in [0, 0.1) is 23.7 Å². The van der Waals surface area contributed by atoms with E-state index in [2.05, 4.69) is 55.4 Å². The zero-order valence-corrected chi connectivity index (χ0v) is 65.5. The second-order valence-electron chi connectivity index (χ2n) is 29.8. The smallest absolute Gasteiger partial charge is 0.462 e. The number of hydrogen-bond donors (Lipinski definition) is 3. The number of carbonyl (C=O) groups is 4. The molecule has 6 atom stereocenters. The fraction of sp³-hybridized carbons (Fsp3) is 0.949. The summed E-state index contributed by atoms with van der Waals surface area (Å²) in [5.74, 6) is 0.981. The van der Waals surface area contributed by atoms with Crippen molar-refractivity contribution in [3.8, 4) is 0 Å². The molecule has 0 aromatic rings. The predicted octanol–water partition coefficient (Wildman–Crippen LogP) is 22.8. The lowest BCUT2D eigenvalue weighted by atomic mass is 9.99. The van der Waals surface area contributed by atoms with Crippen molar-refractivity contribution in [2.75, 3.05) is 39.6 Å². The topological polar surface area (TPSA) is 237 Å². The Morgan fingerprint density at radius 2 is 0.495 bits per heavy atom. The Kier molecular flexibility index (Phi) is 65.9. The fourth-order valence-corrected chi connectivity index (χ4v) is 13.5. The quantitative estimate of drug-likeness (QED) is 0.0222. The van der Waals surface area contributed by atoms with Gasteiger partial charge >= 0.3 is 39.5 Å². The molecule has 576 valence electrons. The molecule has 0 aliphatic carbocycles. The number of phosphoric ester groups is 2. The molecule has 0 aliphatic heterocycles. The number of esters is 4. The van der Waals surface area contributed by atoms with Gasteiger partial charge in [-0.05, 0) is 49.4 Å². The van der Waals surface area contributed by atoms with Gasteiger partial charge in [-0.3, -0.25) is 37.3 Å². The summed E-state index contributed by atoms with van der Waals surface area (Å²) in [6, 6.07) is 0. The molecular formula is C78H152O17P2. The van der Waals surface area contributed by atoms with Crippen LogP contribution in [0.3, 0.4) is 0 Å². The third-order valence-electron chi connectivity index (χ3n) is 18.4. The van der Waals surface area contributed by atoms with E-state index in [9.17, 15) is 43.2 Å². The van der Waals surface area contributed by atoms with Crippen molar-refractivity contribution in [1.82, 2.24) is 0 Å². The summed E-state index contributed by atoms with van der Waals surface area (Å²) in [7, 11) is -9.92. The van der Waals surface area contributed by atoms with Crippen molar-refractivity contribution in [1.29, 1.82) is 0 Å². The summed E-state index contributed by atoms with van der Waals surface area (Å²) in [5, 5.41) is 10.6. The lowest BCUT2D eigenvalue weighted by Gasteiger charge is -2.21. The van der Waals surface area contributed by atoms with Gasteiger partial charge in [0.15, 0.2) is 12.2 Å². The molecule has 97 heavy (non-hydrogen) atoms. The summed E-state index contributed by atoms with van der Waals surface area (Å²) >= 11 is 0. The average Bonchev–Trinajstić information content (AvgIpc) is 1.05. The van der Waals surface area contributed by atoms with Gasteiger partial charge in [-0.25, -0.2) is 9.13 Å². The van der Waals surface area contributed by atoms with Gasteiger partial charge in [-0.15, -0.1) is 0 Å². The Morgan fingerprint density at radius 3 is 0.732 bits per heavy atom. The molecular weight excluding hydrogens is 1270 g/mol. The first-order valence-corrected chi connectivity index (χ1v) is 43.2. The molecule has 0 spiro atoms. The van der Waals surface area contributed by atoms with Crippen LogP contribution in [0.25, 0.3) is 0 Å². The molecule has 0 saturated heterocycles. The first-order valence-electron chi connectivity index (χ1n) is 40.2. The number of ether oxygens (including phenoxy) is 4. The van der Waals surface area contributed by atoms with Gasteiger partial charge in [-0.2, -0.15) is 0 Å². The van der Waals surface area contributed by atoms with E-state index in [-0.39, 0.29) is 25.7 Å². The second-order valence-corrected chi connectivity index (χ2v) is 32.7. The zero-order chi connectivity index (χ0) is 71.7. The van der Waals surface area contributed by atoms with Gasteiger partial charge in [-0.1, -0.05) is 344 Å². The van der Waals surface area contributed by atoms with Crippen LogP contribution in [0.1, 0.15) is 396 Å². The number of aliphatic hydroxyl groups excluding tert-OH is 1. The first kappa shape index (κ1) is 95.1. The average molecular weight is 1420 g/mol. The number of phosphoric acid groups is 2. The monoisotopic (exact) mass is 1420 g/mol. The summed E-state index contributed by atoms with van der Waals surface area (Å²) in [4.78, 5) is 72.9. The van der Waals surface area contributed by atoms with Crippen molar-refractivity contribution >= 4 is 39.5 Å². The SMILES string of the molecule is CCC(C)CCCCCCCCCCCCCCCCC(=O)OC[C@H](COP(=O)(O)OCC(O)COP(=O)(O)OC[C@@H](COC(=O)CCCCCCCCCCC(C)C)OC(=O)CCCCCCCCCCCC(C)C)OC(=O)CCCCCCCCCCCCCCCC(C)C. The molecule has 17 nitrogen and oxygen atoms in total. The third kappa shape index (κ3) is 70.9. The summed E-state index contributed by atoms with van der Waals surface area (Å²) < 4.78 is 68.6. The molecule has 0 heterocycles. The van der Waals surface area contributed by atoms with Crippen molar-refractivity contribution in [3.63, 3.8) is 0 Å². The molecule has 0 rings (SSSR count). The lowest BCUT2D eigenvalue weighted by Crippen LogP contribution is -2.30. The van der Waals surface area contributed by atoms with Gasteiger partial charge < -0.3 is 33.8 Å². The molecule has 3 N–H and O–H groups in total. The molecule has 0 amide bonds. The Balaban J connectivity index is 5.25. The molecule has 4 unspecified atom stereocenters. The highest BCUT2D eigenvalue weighted by atomic mass is 31.2. The Labute approximate surface area is 594 Å². The molecule has 0 aliphatic rings. The van der Waals surface area contributed by atoms with E-state index in [1.54, 1.807) is 0 Å². The standard InChI is InChI=1S/C78H152O17P2/c1-9-71(8)57-49-41-33-24-18-14-10-11-15-19-25-34-42-50-58-75(80)88-64-73(94-77(82)60-52-44-36-26-20-16-12-13-17-22-30-38-46-54-68(2)3)66-92-96(84,85)90-62-72(79)63-91-97(86,87)93-67-74(65-89-76(81)59-51-43-35-29-28-32-40-48-56-70(6)7)95-78(83)61-53-45-37-27-21-23-31-39-47-55-69(4)5/h68-74,79H,9-67H2,1-8H3,(H,84,85)(H,86,87)/t71?,72?,73-,74-/m1/s1. The van der Waals surface area contributed by atoms with Crippen LogP contribution in [0.2, 0.25) is 0 Å². The summed E-state index contributed by atoms with van der Waals surface area (Å²) in [5.41, 5.74) is 0. The summed E-state index contributed by atoms with van der Waals surface area (Å²) in [6.45, 7) is 14.2. The lowest BCUT2D eigenvalue weighted by molar-refractivity contribution is -0.161. The van der Waals surface area contributed by atoms with Crippen LogP contribution in [0.4, 0.5) is 0 Å². The fourth-order valence-electron chi connectivity index (χ4n) is 11.9. The number of hydrogen-bond acceptors (Lipinski definition) is 15. The van der Waals surface area contributed by atoms with Gasteiger partial charge in [0, 0.05) is 25.7 Å². The van der Waals surface area contributed by atoms with Crippen LogP contribution < -0.4 is 0 Å². The van der Waals surface area contributed by atoms with E-state index < -0.39 is 97.5 Å². The number of rotatable bonds is 75. The number of carbonyl (C=O) groups excluding carboxylic acids is 4. The third-order valence-corrected chi connectivity index (χ3v) is 20.3. The minimum atomic E-state index is -4.96. The number of unbranched alkanes of at least 4 members (excludes halogenated alkanes) is 40. The highest BCUT2D eigenvalue weighted by Crippen LogP contribution is 2.45. The van der Waals surface area contributed by atoms with Gasteiger partial charge in [0.25, 0.3) is 0 Å². The second kappa shape index (κ2) is 67.2. The number of aliphatic hydroxyl groups is 1. The first-order chi connectivity index (χ1) is 46.6. The highest BCUT2D eigenvalue weighted by molar-refractivity contribution is 7.47. The van der Waals surface area contributed by atoms with E-state index in [4.69, 9.17) is 37.0 Å². The van der Waals surface area contributed by atoms with Crippen LogP contribution in [-0.4, -0.2) is 96.7 Å². The zero-order valence-electron chi connectivity index (χ0n) is 63.7. The maximum Gasteiger partial charge on any atom is 0.472 e. The molecule has 0 saturated carbocycles. The van der Waals surface area contributed by atoms with Gasteiger partial charge in [0.05, 0.1) is 26.4 Å². The maximum atomic E-state index is 13.1. The van der Waals surface area contributed by atoms with E-state index in [1.165, 1.54) is 199 Å². The highest BCUT2D eigenvalue weighted by Gasteiger charge is 2.30. The van der Waals surface area contributed by atoms with Gasteiger partial charge in [0.2, 0.25) is 0 Å². The largest absolute Gasteiger partial charge is 0.472 e. The van der Waals surface area contributed by atoms with Crippen LogP contribution in [-0.2, 0) is 65.4 Å². The molecule has 0 bridgehead atoms. The maximum absolute atomic E-state index is 13.1. The molecule has 0 aromatic heterocycles. The minimum absolute atomic E-state index is 0.104. The molecule has 0 fully saturated rings. The normalized spacial score (nSPS) is 14.4. The molecule has 0 aromatic carbocycles. The Morgan fingerprint density at radius 1 is 0.289 bits per heavy atom. The van der Waals surface area contributed by atoms with E-state index in [1.807, 2.05) is 0 Å². The van der Waals surface area contributed by atoms with Crippen LogP contribution in [0.5, 0.6) is 0 Å². The van der Waals surface area contributed by atoms with Crippen molar-refractivity contribution < 1.29 is 80.2 Å². The van der Waals surface area contributed by atoms with Crippen molar-refractivity contribution in [2.24, 2.45) is 23.7 Å². The van der Waals surface area contributed by atoms with Crippen molar-refractivity contribution in [3.05, 3.63) is 0 Å². The van der Waals surface area contributed by atoms with Gasteiger partial charge in [0.1, 0.15) is 19.3 Å². The molecule has 19 heteroatoms. The van der Waals surface area contributed by atoms with E-state index in [0.29, 0.717) is 25.7 Å². The van der Waals surface area contributed by atoms with Crippen molar-refractivity contribution in [2.45, 2.75) is 414 Å². The van der Waals surface area contributed by atoms with Crippen LogP contribution in [0.15, 0.2) is 0 Å². The molecule has 0 radical (unpaired) electrons. The van der Waals surface area contributed by atoms with E-state index >= 15 is 0 Å². The summed E-state index contributed by atoms with van der Waals surface area (Å²) in [6.07, 6.45) is 52.7. The van der Waals surface area contributed by atoms with Crippen LogP contribution >= 0.6 is 15.6 Å². The predicted molar refractivity (Wildman–Crippen MR) is 395 cm³/mol. The Hall–Kier alpha value is -1.94.